The van der Waals surface area contributed by atoms with Gasteiger partial charge in [0, 0.05) is 6.92 Å². The zero-order valence-corrected chi connectivity index (χ0v) is 6.51. The molecule has 56 valence electrons. The molecule has 0 unspecified atom stereocenters. The molecular formula is C5H7NO3S. The second-order valence-corrected chi connectivity index (χ2v) is 1.89. The lowest BCUT2D eigenvalue weighted by Crippen LogP contribution is -2.17. The van der Waals surface area contributed by atoms with Crippen molar-refractivity contribution in [1.82, 2.24) is 0 Å². The van der Waals surface area contributed by atoms with Crippen LogP contribution in [0.5, 0.6) is 0 Å². The number of Topliss-reactive ketones (excluding diaryl/α,β-unsaturated/α-hetero) is 1. The molecule has 0 saturated heterocycles. The Morgan fingerprint density at radius 1 is 1.50 bits per heavy atom. The van der Waals surface area contributed by atoms with Crippen LogP contribution >= 0.6 is 12.6 Å². The summed E-state index contributed by atoms with van der Waals surface area (Å²) in [5.74, 6) is -0.457. The molecule has 0 aliphatic rings. The number of thiol groups is 1. The fourth-order valence-corrected chi connectivity index (χ4v) is 0.543. The van der Waals surface area contributed by atoms with E-state index in [1.807, 2.05) is 0 Å². The predicted octanol–water partition coefficient (Wildman–Crippen LogP) is 0.0342. The van der Waals surface area contributed by atoms with Gasteiger partial charge in [0.15, 0.2) is 11.5 Å². The Morgan fingerprint density at radius 3 is 2.10 bits per heavy atom. The highest BCUT2D eigenvalue weighted by Crippen LogP contribution is 1.88. The summed E-state index contributed by atoms with van der Waals surface area (Å²) in [5.41, 5.74) is -0.286. The number of hydrogen-bond donors (Lipinski definition) is 1. The average molecular weight is 161 g/mol. The van der Waals surface area contributed by atoms with E-state index in [1.165, 1.54) is 14.0 Å². The molecule has 0 aromatic heterocycles. The molecule has 5 heteroatoms. The molecule has 0 fully saturated rings. The lowest BCUT2D eigenvalue weighted by Gasteiger charge is -1.92. The summed E-state index contributed by atoms with van der Waals surface area (Å²) in [4.78, 5) is 25.1. The number of ketones is 1. The van der Waals surface area contributed by atoms with Crippen molar-refractivity contribution in [3.05, 3.63) is 0 Å². The Balaban J connectivity index is 4.42. The van der Waals surface area contributed by atoms with Crippen molar-refractivity contribution in [3.63, 3.8) is 0 Å². The monoisotopic (exact) mass is 161 g/mol. The van der Waals surface area contributed by atoms with Gasteiger partial charge in [0.2, 0.25) is 5.12 Å². The molecule has 0 aliphatic carbocycles. The SMILES string of the molecule is CON=C(C(C)=O)C(=O)S. The zero-order chi connectivity index (χ0) is 8.15. The first-order valence-electron chi connectivity index (χ1n) is 2.45. The van der Waals surface area contributed by atoms with Gasteiger partial charge in [0.1, 0.15) is 7.11 Å². The van der Waals surface area contributed by atoms with Gasteiger partial charge in [-0.2, -0.15) is 0 Å². The third kappa shape index (κ3) is 2.63. The largest absolute Gasteiger partial charge is 0.398 e. The molecule has 0 atom stereocenters. The Morgan fingerprint density at radius 2 is 2.00 bits per heavy atom. The van der Waals surface area contributed by atoms with Crippen LogP contribution in [0.3, 0.4) is 0 Å². The van der Waals surface area contributed by atoms with Crippen LogP contribution in [0.25, 0.3) is 0 Å². The van der Waals surface area contributed by atoms with Gasteiger partial charge in [-0.05, 0) is 0 Å². The van der Waals surface area contributed by atoms with E-state index in [0.717, 1.165) is 0 Å². The maximum Gasteiger partial charge on any atom is 0.241 e. The van der Waals surface area contributed by atoms with Crippen molar-refractivity contribution in [2.45, 2.75) is 6.92 Å². The Bertz CT molecular complexity index is 171. The minimum atomic E-state index is -0.686. The van der Waals surface area contributed by atoms with Gasteiger partial charge in [0.25, 0.3) is 0 Å². The van der Waals surface area contributed by atoms with Gasteiger partial charge in [-0.25, -0.2) is 0 Å². The predicted molar refractivity (Wildman–Crippen MR) is 39.1 cm³/mol. The first kappa shape index (κ1) is 9.16. The van der Waals surface area contributed by atoms with Gasteiger partial charge in [-0.3, -0.25) is 9.59 Å². The summed E-state index contributed by atoms with van der Waals surface area (Å²) >= 11 is 3.40. The summed E-state index contributed by atoms with van der Waals surface area (Å²) < 4.78 is 0. The van der Waals surface area contributed by atoms with E-state index in [0.29, 0.717) is 0 Å². The van der Waals surface area contributed by atoms with Crippen LogP contribution in [-0.2, 0) is 14.4 Å². The minimum absolute atomic E-state index is 0.286. The van der Waals surface area contributed by atoms with Gasteiger partial charge in [0.05, 0.1) is 0 Å². The third-order valence-corrected chi connectivity index (χ3v) is 0.930. The fourth-order valence-electron chi connectivity index (χ4n) is 0.345. The van der Waals surface area contributed by atoms with E-state index in [-0.39, 0.29) is 5.71 Å². The van der Waals surface area contributed by atoms with E-state index in [4.69, 9.17) is 0 Å². The van der Waals surface area contributed by atoms with Crippen molar-refractivity contribution in [2.24, 2.45) is 5.16 Å². The molecular weight excluding hydrogens is 154 g/mol. The smallest absolute Gasteiger partial charge is 0.241 e. The number of nitrogens with zero attached hydrogens (tertiary/aromatic N) is 1. The van der Waals surface area contributed by atoms with Crippen molar-refractivity contribution in [3.8, 4) is 0 Å². The maximum absolute atomic E-state index is 10.5. The molecule has 0 saturated carbocycles. The molecule has 0 spiro atoms. The fraction of sp³-hybridized carbons (Fsp3) is 0.400. The van der Waals surface area contributed by atoms with E-state index >= 15 is 0 Å². The molecule has 0 aromatic carbocycles. The maximum atomic E-state index is 10.5. The van der Waals surface area contributed by atoms with Crippen LogP contribution in [0.4, 0.5) is 0 Å². The van der Waals surface area contributed by atoms with Crippen molar-refractivity contribution in [1.29, 1.82) is 0 Å². The zero-order valence-electron chi connectivity index (χ0n) is 5.62. The standard InChI is InChI=1S/C5H7NO3S/c1-3(7)4(5(8)10)6-9-2/h1-2H3,(H,8,10). The number of carbonyl (C=O) groups is 2. The van der Waals surface area contributed by atoms with E-state index in [1.54, 1.807) is 0 Å². The molecule has 4 nitrogen and oxygen atoms in total. The second kappa shape index (κ2) is 4.05. The van der Waals surface area contributed by atoms with E-state index < -0.39 is 10.9 Å². The molecule has 0 radical (unpaired) electrons. The molecule has 0 N–H and O–H groups in total. The highest BCUT2D eigenvalue weighted by Gasteiger charge is 2.12. The van der Waals surface area contributed by atoms with Crippen LogP contribution in [0.1, 0.15) is 6.92 Å². The molecule has 0 amide bonds. The quantitative estimate of drug-likeness (QED) is 0.275. The van der Waals surface area contributed by atoms with Gasteiger partial charge in [-0.1, -0.05) is 17.8 Å². The first-order chi connectivity index (χ1) is 4.59. The van der Waals surface area contributed by atoms with Crippen LogP contribution < -0.4 is 0 Å². The van der Waals surface area contributed by atoms with Crippen LogP contribution in [0.2, 0.25) is 0 Å². The molecule has 0 aromatic rings. The molecule has 0 aliphatic heterocycles. The average Bonchev–Trinajstić information content (AvgIpc) is 1.81. The summed E-state index contributed by atoms with van der Waals surface area (Å²) in [6.07, 6.45) is 0. The molecule has 10 heavy (non-hydrogen) atoms. The molecule has 0 heterocycles. The second-order valence-electron chi connectivity index (χ2n) is 1.48. The number of hydrogen-bond acceptors (Lipinski definition) is 4. The highest BCUT2D eigenvalue weighted by atomic mass is 32.1. The minimum Gasteiger partial charge on any atom is -0.398 e. The molecule has 0 bridgehead atoms. The Hall–Kier alpha value is -0.840. The van der Waals surface area contributed by atoms with Gasteiger partial charge >= 0.3 is 0 Å². The van der Waals surface area contributed by atoms with E-state index in [2.05, 4.69) is 22.6 Å². The van der Waals surface area contributed by atoms with E-state index in [9.17, 15) is 9.59 Å². The van der Waals surface area contributed by atoms with Crippen LogP contribution in [0, 0.1) is 0 Å². The summed E-state index contributed by atoms with van der Waals surface area (Å²) in [7, 11) is 1.25. The summed E-state index contributed by atoms with van der Waals surface area (Å²) in [5, 5.41) is 2.48. The number of rotatable bonds is 3. The van der Waals surface area contributed by atoms with Crippen molar-refractivity contribution >= 4 is 29.2 Å². The molecule has 0 rings (SSSR count). The van der Waals surface area contributed by atoms with Gasteiger partial charge < -0.3 is 4.84 Å². The van der Waals surface area contributed by atoms with Crippen LogP contribution in [0.15, 0.2) is 5.16 Å². The highest BCUT2D eigenvalue weighted by molar-refractivity contribution is 7.99. The first-order valence-corrected chi connectivity index (χ1v) is 2.89. The summed E-state index contributed by atoms with van der Waals surface area (Å²) in [6, 6.07) is 0. The lowest BCUT2D eigenvalue weighted by atomic mass is 10.3. The normalized spacial score (nSPS) is 10.9. The number of oxime groups is 1. The summed E-state index contributed by atoms with van der Waals surface area (Å²) in [6.45, 7) is 1.21. The third-order valence-electron chi connectivity index (χ3n) is 0.719. The number of carbonyl (C=O) groups excluding carboxylic acids is 2. The van der Waals surface area contributed by atoms with Crippen molar-refractivity contribution < 1.29 is 14.4 Å². The van der Waals surface area contributed by atoms with Crippen molar-refractivity contribution in [2.75, 3.05) is 7.11 Å². The van der Waals surface area contributed by atoms with Crippen LogP contribution in [-0.4, -0.2) is 23.7 Å². The lowest BCUT2D eigenvalue weighted by molar-refractivity contribution is -0.113. The Kier molecular flexibility index (Phi) is 3.71. The van der Waals surface area contributed by atoms with Gasteiger partial charge in [-0.15, -0.1) is 0 Å². The Labute approximate surface area is 63.6 Å². The topological polar surface area (TPSA) is 55.7 Å².